The Morgan fingerprint density at radius 3 is 2.66 bits per heavy atom. The third-order valence-electron chi connectivity index (χ3n) is 4.67. The van der Waals surface area contributed by atoms with Gasteiger partial charge in [-0.15, -0.1) is 12.4 Å². The first-order valence-corrected chi connectivity index (χ1v) is 9.44. The van der Waals surface area contributed by atoms with Crippen molar-refractivity contribution in [2.75, 3.05) is 19.3 Å². The summed E-state index contributed by atoms with van der Waals surface area (Å²) in [6.45, 7) is 0.700. The largest absolute Gasteiger partial charge is 0.399 e. The van der Waals surface area contributed by atoms with E-state index in [0.29, 0.717) is 17.8 Å². The van der Waals surface area contributed by atoms with Crippen LogP contribution in [0.1, 0.15) is 35.3 Å². The summed E-state index contributed by atoms with van der Waals surface area (Å²) in [5.41, 5.74) is 9.50. The van der Waals surface area contributed by atoms with Crippen molar-refractivity contribution in [3.63, 3.8) is 0 Å². The lowest BCUT2D eigenvalue weighted by molar-refractivity contribution is 0.0792. The number of benzene rings is 2. The van der Waals surface area contributed by atoms with Gasteiger partial charge in [-0.05, 0) is 55.7 Å². The van der Waals surface area contributed by atoms with E-state index in [1.807, 2.05) is 19.2 Å². The summed E-state index contributed by atoms with van der Waals surface area (Å²) in [6.07, 6.45) is 3.79. The second-order valence-electron chi connectivity index (χ2n) is 6.95. The van der Waals surface area contributed by atoms with Crippen LogP contribution >= 0.6 is 12.4 Å². The van der Waals surface area contributed by atoms with E-state index in [0.717, 1.165) is 42.6 Å². The molecule has 1 amide bonds. The van der Waals surface area contributed by atoms with E-state index in [1.54, 1.807) is 35.2 Å². The standard InChI is InChI=1S/C22H25FN4O.ClH/c1-27(22(28)17-8-6-10-19(24)14-17)12-4-2-3-11-20-15-21(26-25-20)16-7-5-9-18(23)13-16;/h5-10,13-15H,2-4,11-12,24H2,1H3,(H,25,26);1H. The molecule has 0 fully saturated rings. The maximum absolute atomic E-state index is 13.3. The van der Waals surface area contributed by atoms with Crippen molar-refractivity contribution in [2.45, 2.75) is 25.7 Å². The summed E-state index contributed by atoms with van der Waals surface area (Å²) in [7, 11) is 1.81. The fourth-order valence-electron chi connectivity index (χ4n) is 3.12. The third kappa shape index (κ3) is 6.32. The normalized spacial score (nSPS) is 10.4. The van der Waals surface area contributed by atoms with Gasteiger partial charge in [-0.3, -0.25) is 9.89 Å². The lowest BCUT2D eigenvalue weighted by Gasteiger charge is -2.17. The number of rotatable bonds is 8. The van der Waals surface area contributed by atoms with Crippen molar-refractivity contribution in [1.29, 1.82) is 0 Å². The molecule has 3 aromatic rings. The van der Waals surface area contributed by atoms with Gasteiger partial charge in [-0.1, -0.05) is 24.6 Å². The molecule has 29 heavy (non-hydrogen) atoms. The highest BCUT2D eigenvalue weighted by Gasteiger charge is 2.11. The number of aromatic nitrogens is 2. The molecule has 2 aromatic carbocycles. The van der Waals surface area contributed by atoms with E-state index >= 15 is 0 Å². The predicted octanol–water partition coefficient (Wildman–Crippen LogP) is 4.70. The molecule has 0 bridgehead atoms. The van der Waals surface area contributed by atoms with E-state index in [-0.39, 0.29) is 24.1 Å². The Balaban J connectivity index is 0.00000300. The maximum atomic E-state index is 13.3. The Labute approximate surface area is 176 Å². The van der Waals surface area contributed by atoms with Crippen LogP contribution in [0.4, 0.5) is 10.1 Å². The van der Waals surface area contributed by atoms with Crippen molar-refractivity contribution in [2.24, 2.45) is 0 Å². The smallest absolute Gasteiger partial charge is 0.253 e. The van der Waals surface area contributed by atoms with Crippen molar-refractivity contribution < 1.29 is 9.18 Å². The zero-order chi connectivity index (χ0) is 19.9. The van der Waals surface area contributed by atoms with Gasteiger partial charge in [0.15, 0.2) is 0 Å². The van der Waals surface area contributed by atoms with Crippen molar-refractivity contribution in [3.05, 3.63) is 71.7 Å². The van der Waals surface area contributed by atoms with Crippen LogP contribution in [0.25, 0.3) is 11.3 Å². The molecule has 0 aliphatic rings. The number of nitrogens with two attached hydrogens (primary N) is 1. The van der Waals surface area contributed by atoms with Gasteiger partial charge in [-0.2, -0.15) is 5.10 Å². The van der Waals surface area contributed by atoms with E-state index in [4.69, 9.17) is 5.73 Å². The van der Waals surface area contributed by atoms with E-state index in [9.17, 15) is 9.18 Å². The summed E-state index contributed by atoms with van der Waals surface area (Å²) in [6, 6.07) is 15.4. The average molecular weight is 417 g/mol. The fraction of sp³-hybridized carbons (Fsp3) is 0.273. The molecular formula is C22H26ClFN4O. The van der Waals surface area contributed by atoms with E-state index < -0.39 is 0 Å². The molecule has 1 heterocycles. The van der Waals surface area contributed by atoms with Gasteiger partial charge in [0.25, 0.3) is 5.91 Å². The zero-order valence-electron chi connectivity index (χ0n) is 16.4. The number of nitrogens with one attached hydrogen (secondary N) is 1. The predicted molar refractivity (Wildman–Crippen MR) is 117 cm³/mol. The van der Waals surface area contributed by atoms with Crippen LogP contribution in [0.2, 0.25) is 0 Å². The number of H-pyrrole nitrogens is 1. The molecular weight excluding hydrogens is 391 g/mol. The highest BCUT2D eigenvalue weighted by molar-refractivity contribution is 5.94. The third-order valence-corrected chi connectivity index (χ3v) is 4.67. The molecule has 0 radical (unpaired) electrons. The summed E-state index contributed by atoms with van der Waals surface area (Å²) in [5, 5.41) is 7.28. The van der Waals surface area contributed by atoms with Crippen LogP contribution < -0.4 is 5.73 Å². The van der Waals surface area contributed by atoms with Gasteiger partial charge >= 0.3 is 0 Å². The molecule has 0 aliphatic heterocycles. The maximum Gasteiger partial charge on any atom is 0.253 e. The quantitative estimate of drug-likeness (QED) is 0.412. The SMILES string of the molecule is CN(CCCCCc1cc(-c2cccc(F)c2)n[nH]1)C(=O)c1cccc(N)c1.Cl. The Morgan fingerprint density at radius 1 is 1.10 bits per heavy atom. The number of nitrogen functional groups attached to an aromatic ring is 1. The second-order valence-corrected chi connectivity index (χ2v) is 6.95. The van der Waals surface area contributed by atoms with E-state index in [2.05, 4.69) is 10.2 Å². The molecule has 0 saturated heterocycles. The van der Waals surface area contributed by atoms with Crippen LogP contribution in [0, 0.1) is 5.82 Å². The molecule has 0 saturated carbocycles. The molecule has 0 spiro atoms. The van der Waals surface area contributed by atoms with E-state index in [1.165, 1.54) is 12.1 Å². The minimum absolute atomic E-state index is 0. The van der Waals surface area contributed by atoms with Gasteiger partial charge < -0.3 is 10.6 Å². The summed E-state index contributed by atoms with van der Waals surface area (Å²) >= 11 is 0. The number of hydrogen-bond donors (Lipinski definition) is 2. The van der Waals surface area contributed by atoms with Gasteiger partial charge in [0.1, 0.15) is 5.82 Å². The first-order valence-electron chi connectivity index (χ1n) is 9.44. The number of carbonyl (C=O) groups excluding carboxylic acids is 1. The molecule has 0 atom stereocenters. The summed E-state index contributed by atoms with van der Waals surface area (Å²) < 4.78 is 13.3. The second kappa shape index (κ2) is 10.6. The molecule has 3 N–H and O–H groups in total. The lowest BCUT2D eigenvalue weighted by atomic mass is 10.1. The van der Waals surface area contributed by atoms with Crippen LogP contribution in [0.3, 0.4) is 0 Å². The number of aryl methyl sites for hydroxylation is 1. The van der Waals surface area contributed by atoms with Gasteiger partial charge in [0.2, 0.25) is 0 Å². The summed E-state index contributed by atoms with van der Waals surface area (Å²) in [5.74, 6) is -0.278. The fourth-order valence-corrected chi connectivity index (χ4v) is 3.12. The Kier molecular flexibility index (Phi) is 8.21. The topological polar surface area (TPSA) is 75.0 Å². The monoisotopic (exact) mass is 416 g/mol. The highest BCUT2D eigenvalue weighted by Crippen LogP contribution is 2.19. The first kappa shape index (κ1) is 22.4. The number of halogens is 2. The highest BCUT2D eigenvalue weighted by atomic mass is 35.5. The molecule has 3 rings (SSSR count). The number of aromatic amines is 1. The minimum atomic E-state index is -0.265. The summed E-state index contributed by atoms with van der Waals surface area (Å²) in [4.78, 5) is 14.1. The molecule has 7 heteroatoms. The Hall–Kier alpha value is -2.86. The number of anilines is 1. The Bertz CT molecular complexity index is 944. The number of nitrogens with zero attached hydrogens (tertiary/aromatic N) is 2. The first-order chi connectivity index (χ1) is 13.5. The molecule has 0 aliphatic carbocycles. The lowest BCUT2D eigenvalue weighted by Crippen LogP contribution is -2.27. The van der Waals surface area contributed by atoms with Crippen LogP contribution in [0.5, 0.6) is 0 Å². The molecule has 154 valence electrons. The minimum Gasteiger partial charge on any atom is -0.399 e. The molecule has 1 aromatic heterocycles. The number of carbonyl (C=O) groups is 1. The molecule has 5 nitrogen and oxygen atoms in total. The molecule has 0 unspecified atom stereocenters. The van der Waals surface area contributed by atoms with Gasteiger partial charge in [-0.25, -0.2) is 4.39 Å². The number of amides is 1. The van der Waals surface area contributed by atoms with Crippen molar-refractivity contribution >= 4 is 24.0 Å². The van der Waals surface area contributed by atoms with Gasteiger partial charge in [0.05, 0.1) is 5.69 Å². The van der Waals surface area contributed by atoms with Gasteiger partial charge in [0, 0.05) is 36.1 Å². The van der Waals surface area contributed by atoms with Crippen molar-refractivity contribution in [3.8, 4) is 11.3 Å². The number of unbranched alkanes of at least 4 members (excludes halogenated alkanes) is 2. The Morgan fingerprint density at radius 2 is 1.90 bits per heavy atom. The van der Waals surface area contributed by atoms with Crippen LogP contribution in [0.15, 0.2) is 54.6 Å². The number of hydrogen-bond acceptors (Lipinski definition) is 3. The van der Waals surface area contributed by atoms with Crippen molar-refractivity contribution in [1.82, 2.24) is 15.1 Å². The van der Waals surface area contributed by atoms with Crippen LogP contribution in [-0.4, -0.2) is 34.6 Å². The average Bonchev–Trinajstić information content (AvgIpc) is 3.16. The van der Waals surface area contributed by atoms with Crippen LogP contribution in [-0.2, 0) is 6.42 Å². The zero-order valence-corrected chi connectivity index (χ0v) is 17.2.